The smallest absolute Gasteiger partial charge is 0.138 e. The van der Waals surface area contributed by atoms with Crippen molar-refractivity contribution in [3.05, 3.63) is 0 Å². The molecule has 0 bridgehead atoms. The van der Waals surface area contributed by atoms with Gasteiger partial charge < -0.3 is 14.2 Å². The molecule has 3 nitrogen and oxygen atoms in total. The Morgan fingerprint density at radius 2 is 1.89 bits per heavy atom. The zero-order valence-corrected chi connectivity index (χ0v) is 12.1. The van der Waals surface area contributed by atoms with Gasteiger partial charge in [-0.2, -0.15) is 0 Å². The lowest BCUT2D eigenvalue weighted by atomic mass is 9.92. The van der Waals surface area contributed by atoms with E-state index in [4.69, 9.17) is 14.2 Å². The van der Waals surface area contributed by atoms with E-state index in [1.807, 2.05) is 13.8 Å². The molecule has 0 N–H and O–H groups in total. The molecule has 2 aliphatic heterocycles. The summed E-state index contributed by atoms with van der Waals surface area (Å²) in [6, 6.07) is 0. The van der Waals surface area contributed by atoms with E-state index in [-0.39, 0.29) is 5.92 Å². The lowest BCUT2D eigenvalue weighted by Gasteiger charge is -2.20. The summed E-state index contributed by atoms with van der Waals surface area (Å²) in [5.41, 5.74) is -1.03. The van der Waals surface area contributed by atoms with Gasteiger partial charge in [0.2, 0.25) is 0 Å². The van der Waals surface area contributed by atoms with Crippen LogP contribution in [0.1, 0.15) is 40.5 Å². The minimum Gasteiger partial charge on any atom is -0.379 e. The van der Waals surface area contributed by atoms with Gasteiger partial charge in [0.15, 0.2) is 0 Å². The van der Waals surface area contributed by atoms with Crippen molar-refractivity contribution in [2.45, 2.75) is 58.4 Å². The molecule has 4 heteroatoms. The number of hydrogen-bond donors (Lipinski definition) is 0. The van der Waals surface area contributed by atoms with Gasteiger partial charge in [-0.15, -0.1) is 0 Å². The van der Waals surface area contributed by atoms with Crippen LogP contribution in [0.4, 0.5) is 4.39 Å². The first-order valence-electron chi connectivity index (χ1n) is 6.94. The molecule has 2 rings (SSSR count). The van der Waals surface area contributed by atoms with Crippen molar-refractivity contribution in [3.8, 4) is 0 Å². The molecule has 0 aromatic rings. The quantitative estimate of drug-likeness (QED) is 0.782. The lowest BCUT2D eigenvalue weighted by molar-refractivity contribution is 0.00285. The molecule has 2 saturated heterocycles. The monoisotopic (exact) mass is 262 g/mol. The van der Waals surface area contributed by atoms with Crippen molar-refractivity contribution in [1.82, 2.24) is 0 Å². The van der Waals surface area contributed by atoms with E-state index in [1.54, 1.807) is 0 Å². The third-order valence-corrected chi connectivity index (χ3v) is 3.39. The normalized spacial score (nSPS) is 31.8. The van der Waals surface area contributed by atoms with Crippen LogP contribution in [0.3, 0.4) is 0 Å². The highest BCUT2D eigenvalue weighted by atomic mass is 19.1. The minimum absolute atomic E-state index is 0.0972. The molecule has 0 aliphatic carbocycles. The van der Waals surface area contributed by atoms with Crippen LogP contribution in [0, 0.1) is 5.92 Å². The molecule has 0 aromatic heterocycles. The molecule has 2 heterocycles. The molecule has 0 aromatic carbocycles. The van der Waals surface area contributed by atoms with E-state index in [2.05, 4.69) is 13.8 Å². The maximum absolute atomic E-state index is 13.3. The molecule has 2 unspecified atom stereocenters. The van der Waals surface area contributed by atoms with Gasteiger partial charge in [-0.3, -0.25) is 0 Å². The van der Waals surface area contributed by atoms with Crippen LogP contribution in [-0.4, -0.2) is 44.3 Å². The molecule has 2 aliphatic rings. The van der Waals surface area contributed by atoms with Crippen molar-refractivity contribution in [3.63, 3.8) is 0 Å². The number of alkyl halides is 1. The molecular weight excluding hydrogens is 235 g/mol. The summed E-state index contributed by atoms with van der Waals surface area (Å²) in [4.78, 5) is 0. The molecule has 2 fully saturated rings. The number of halogens is 1. The SMILES string of the molecule is CC(C)C1(F)CCOC1.CC(C)OC1CCOC1. The van der Waals surface area contributed by atoms with Crippen LogP contribution in [-0.2, 0) is 14.2 Å². The van der Waals surface area contributed by atoms with Crippen LogP contribution in [0.5, 0.6) is 0 Å². The van der Waals surface area contributed by atoms with Crippen LogP contribution in [0.25, 0.3) is 0 Å². The van der Waals surface area contributed by atoms with Crippen molar-refractivity contribution in [1.29, 1.82) is 0 Å². The average molecular weight is 262 g/mol. The molecule has 0 saturated carbocycles. The van der Waals surface area contributed by atoms with Gasteiger partial charge in [0, 0.05) is 19.6 Å². The lowest BCUT2D eigenvalue weighted by Crippen LogP contribution is -2.29. The number of ether oxygens (including phenoxy) is 3. The van der Waals surface area contributed by atoms with Crippen molar-refractivity contribution >= 4 is 0 Å². The van der Waals surface area contributed by atoms with Crippen molar-refractivity contribution < 1.29 is 18.6 Å². The van der Waals surface area contributed by atoms with Crippen LogP contribution < -0.4 is 0 Å². The van der Waals surface area contributed by atoms with Crippen LogP contribution in [0.2, 0.25) is 0 Å². The van der Waals surface area contributed by atoms with Gasteiger partial charge in [-0.25, -0.2) is 4.39 Å². The Hall–Kier alpha value is -0.190. The number of hydrogen-bond acceptors (Lipinski definition) is 3. The van der Waals surface area contributed by atoms with Crippen LogP contribution in [0.15, 0.2) is 0 Å². The van der Waals surface area contributed by atoms with Crippen molar-refractivity contribution in [2.24, 2.45) is 5.92 Å². The van der Waals surface area contributed by atoms with E-state index >= 15 is 0 Å². The summed E-state index contributed by atoms with van der Waals surface area (Å²) in [5.74, 6) is 0.0972. The van der Waals surface area contributed by atoms with Gasteiger partial charge in [-0.1, -0.05) is 13.8 Å². The highest BCUT2D eigenvalue weighted by Gasteiger charge is 2.37. The second-order valence-electron chi connectivity index (χ2n) is 5.66. The summed E-state index contributed by atoms with van der Waals surface area (Å²) in [6.45, 7) is 10.5. The zero-order chi connectivity index (χ0) is 13.6. The highest BCUT2D eigenvalue weighted by molar-refractivity contribution is 4.85. The molecular formula is C14H27FO3. The zero-order valence-electron chi connectivity index (χ0n) is 12.1. The van der Waals surface area contributed by atoms with Gasteiger partial charge in [-0.05, 0) is 26.2 Å². The predicted molar refractivity (Wildman–Crippen MR) is 69.6 cm³/mol. The Bertz CT molecular complexity index is 219. The summed E-state index contributed by atoms with van der Waals surface area (Å²) in [6.07, 6.45) is 2.35. The summed E-state index contributed by atoms with van der Waals surface area (Å²) in [5, 5.41) is 0. The Kier molecular flexibility index (Phi) is 6.53. The summed E-state index contributed by atoms with van der Waals surface area (Å²) < 4.78 is 28.9. The minimum atomic E-state index is -1.03. The third kappa shape index (κ3) is 5.21. The Morgan fingerprint density at radius 1 is 1.17 bits per heavy atom. The van der Waals surface area contributed by atoms with E-state index in [9.17, 15) is 4.39 Å². The fourth-order valence-corrected chi connectivity index (χ4v) is 2.02. The molecule has 18 heavy (non-hydrogen) atoms. The van der Waals surface area contributed by atoms with Crippen molar-refractivity contribution in [2.75, 3.05) is 26.4 Å². The first-order valence-corrected chi connectivity index (χ1v) is 6.94. The van der Waals surface area contributed by atoms with E-state index in [0.717, 1.165) is 19.6 Å². The third-order valence-electron chi connectivity index (χ3n) is 3.39. The number of rotatable bonds is 3. The van der Waals surface area contributed by atoms with E-state index in [1.165, 1.54) is 0 Å². The van der Waals surface area contributed by atoms with E-state index in [0.29, 0.717) is 31.8 Å². The van der Waals surface area contributed by atoms with Gasteiger partial charge in [0.1, 0.15) is 5.67 Å². The second-order valence-corrected chi connectivity index (χ2v) is 5.66. The Labute approximate surface area is 110 Å². The maximum Gasteiger partial charge on any atom is 0.138 e. The Balaban J connectivity index is 0.000000180. The fraction of sp³-hybridized carbons (Fsp3) is 1.00. The standard InChI is InChI=1S/C7H13FO.C7H14O2/c1-6(2)7(8)3-4-9-5-7;1-6(2)9-7-3-4-8-5-7/h6H,3-5H2,1-2H3;6-7H,3-5H2,1-2H3. The second kappa shape index (κ2) is 7.41. The largest absolute Gasteiger partial charge is 0.379 e. The van der Waals surface area contributed by atoms with Crippen LogP contribution >= 0.6 is 0 Å². The first-order chi connectivity index (χ1) is 8.44. The topological polar surface area (TPSA) is 27.7 Å². The van der Waals surface area contributed by atoms with Gasteiger partial charge in [0.25, 0.3) is 0 Å². The predicted octanol–water partition coefficient (Wildman–Crippen LogP) is 2.97. The molecule has 0 radical (unpaired) electrons. The molecule has 108 valence electrons. The summed E-state index contributed by atoms with van der Waals surface area (Å²) >= 11 is 0. The maximum atomic E-state index is 13.3. The van der Waals surface area contributed by atoms with E-state index < -0.39 is 5.67 Å². The first kappa shape index (κ1) is 15.9. The van der Waals surface area contributed by atoms with Gasteiger partial charge >= 0.3 is 0 Å². The Morgan fingerprint density at radius 3 is 2.22 bits per heavy atom. The fourth-order valence-electron chi connectivity index (χ4n) is 2.02. The molecule has 0 amide bonds. The molecule has 0 spiro atoms. The highest BCUT2D eigenvalue weighted by Crippen LogP contribution is 2.30. The van der Waals surface area contributed by atoms with Gasteiger partial charge in [0.05, 0.1) is 25.4 Å². The average Bonchev–Trinajstić information content (AvgIpc) is 2.90. The molecule has 2 atom stereocenters. The summed E-state index contributed by atoms with van der Waals surface area (Å²) in [7, 11) is 0.